The summed E-state index contributed by atoms with van der Waals surface area (Å²) in [7, 11) is 0. The molecule has 0 amide bonds. The van der Waals surface area contributed by atoms with Gasteiger partial charge in [-0.25, -0.2) is 9.78 Å². The maximum absolute atomic E-state index is 13.2. The van der Waals surface area contributed by atoms with Crippen molar-refractivity contribution >= 4 is 21.9 Å². The van der Waals surface area contributed by atoms with Crippen molar-refractivity contribution in [3.8, 4) is 0 Å². The lowest BCUT2D eigenvalue weighted by atomic mass is 10.2. The second kappa shape index (κ2) is 24.7. The summed E-state index contributed by atoms with van der Waals surface area (Å²) in [6, 6.07) is 22.3. The molecule has 5 rings (SSSR count). The Bertz CT molecular complexity index is 1800. The third-order valence-corrected chi connectivity index (χ3v) is 6.52. The number of aliphatic hydroxyl groups excluding tert-OH is 1. The van der Waals surface area contributed by atoms with Crippen molar-refractivity contribution in [1.29, 1.82) is 0 Å². The van der Waals surface area contributed by atoms with Gasteiger partial charge in [0.1, 0.15) is 34.0 Å². The van der Waals surface area contributed by atoms with Gasteiger partial charge in [-0.3, -0.25) is 19.9 Å². The molecule has 3 N–H and O–H groups in total. The second-order valence-electron chi connectivity index (χ2n) is 10.2. The number of esters is 1. The molecule has 56 heavy (non-hydrogen) atoms. The molecule has 300 valence electrons. The molecule has 0 aliphatic carbocycles. The predicted octanol–water partition coefficient (Wildman–Crippen LogP) is 8.36. The number of ether oxygens (including phenoxy) is 1. The highest BCUT2D eigenvalue weighted by Gasteiger charge is 2.44. The van der Waals surface area contributed by atoms with Crippen LogP contribution in [-0.2, 0) is 33.2 Å². The number of hydrogen-bond acceptors (Lipinski definition) is 10. The summed E-state index contributed by atoms with van der Waals surface area (Å²) in [4.78, 5) is 30.8. The van der Waals surface area contributed by atoms with Crippen molar-refractivity contribution < 1.29 is 49.8 Å². The Balaban J connectivity index is 0.000000355. The van der Waals surface area contributed by atoms with Crippen LogP contribution < -0.4 is 5.73 Å². The maximum atomic E-state index is 13.2. The van der Waals surface area contributed by atoms with E-state index in [0.29, 0.717) is 0 Å². The fourth-order valence-electron chi connectivity index (χ4n) is 3.34. The molecule has 0 radical (unpaired) electrons. The number of nitrogens with two attached hydrogens (primary N) is 1. The number of aromatic nitrogens is 5. The van der Waals surface area contributed by atoms with Crippen molar-refractivity contribution in [2.45, 2.75) is 30.6 Å². The molecule has 0 aliphatic heterocycles. The average molecular weight is 861 g/mol. The van der Waals surface area contributed by atoms with Crippen LogP contribution >= 0.6 is 15.9 Å². The zero-order chi connectivity index (χ0) is 42.1. The summed E-state index contributed by atoms with van der Waals surface area (Å²) in [5.41, 5.74) is 11.1. The molecule has 0 unspecified atom stereocenters. The zero-order valence-electron chi connectivity index (χ0n) is 29.2. The maximum Gasteiger partial charge on any atom is 0.384 e. The molecule has 0 aliphatic rings. The Kier molecular flexibility index (Phi) is 21.4. The standard InChI is InChI=1S/C9H9F2NO2.C7H6F2N4.C7H8F2N2.C7H7F2NO.C5H4BrN/c1-2-14-8(13)9(10,11)7-5-3-4-6-12-7;8-7(9,5-12-13-10)6-3-1-2-4-11-6;8-7(9,5-10)6-3-1-2-4-11-6;8-7(9,5-11)6-3-1-2-4-10-6;6-5-3-1-2-4-7-5/h3-6H,2H2,1H3;1-4H,5H2;1-4H,5,10H2;1-4,11H,5H2;1-4H. The molecule has 0 aromatic carbocycles. The first kappa shape index (κ1) is 48.4. The molecule has 5 heterocycles. The number of halogens is 9. The van der Waals surface area contributed by atoms with E-state index < -0.39 is 60.7 Å². The minimum absolute atomic E-state index is 0.0821. The summed E-state index contributed by atoms with van der Waals surface area (Å²) in [6.07, 6.45) is 6.78. The van der Waals surface area contributed by atoms with Crippen molar-refractivity contribution in [2.75, 3.05) is 26.3 Å². The van der Waals surface area contributed by atoms with Crippen LogP contribution in [0.1, 0.15) is 29.7 Å². The number of aliphatic hydroxyl groups is 1. The molecule has 5 aromatic rings. The number of rotatable bonds is 10. The van der Waals surface area contributed by atoms with Gasteiger partial charge in [0.15, 0.2) is 0 Å². The summed E-state index contributed by atoms with van der Waals surface area (Å²) in [5, 5.41) is 11.1. The molecule has 0 bridgehead atoms. The van der Waals surface area contributed by atoms with Crippen LogP contribution in [0.25, 0.3) is 10.4 Å². The van der Waals surface area contributed by atoms with E-state index in [-0.39, 0.29) is 18.0 Å². The van der Waals surface area contributed by atoms with E-state index in [2.05, 4.69) is 55.6 Å². The SMILES string of the molecule is Brc1ccccn1.CCOC(=O)C(F)(F)c1ccccn1.NCC(F)(F)c1ccccn1.OCC(F)(F)c1ccccn1.[N-]=[N+]=NCC(F)(F)c1ccccn1. The summed E-state index contributed by atoms with van der Waals surface area (Å²) >= 11 is 3.20. The minimum atomic E-state index is -3.67. The van der Waals surface area contributed by atoms with Gasteiger partial charge in [0.05, 0.1) is 19.7 Å². The van der Waals surface area contributed by atoms with E-state index in [4.69, 9.17) is 16.4 Å². The lowest BCUT2D eigenvalue weighted by Gasteiger charge is -2.13. The van der Waals surface area contributed by atoms with Gasteiger partial charge in [-0.05, 0) is 89.0 Å². The highest BCUT2D eigenvalue weighted by atomic mass is 79.9. The molecule has 0 saturated carbocycles. The van der Waals surface area contributed by atoms with Crippen LogP contribution in [0.15, 0.2) is 132 Å². The summed E-state index contributed by atoms with van der Waals surface area (Å²) in [6.45, 7) is -1.43. The Morgan fingerprint density at radius 3 is 1.39 bits per heavy atom. The third-order valence-electron chi connectivity index (χ3n) is 6.05. The van der Waals surface area contributed by atoms with Gasteiger partial charge >= 0.3 is 23.7 Å². The molecule has 0 spiro atoms. The largest absolute Gasteiger partial charge is 0.461 e. The Labute approximate surface area is 323 Å². The van der Waals surface area contributed by atoms with Crippen LogP contribution in [0, 0.1) is 0 Å². The van der Waals surface area contributed by atoms with Crippen molar-refractivity contribution in [3.63, 3.8) is 0 Å². The topological polar surface area (TPSA) is 186 Å². The smallest absolute Gasteiger partial charge is 0.384 e. The van der Waals surface area contributed by atoms with Crippen molar-refractivity contribution in [1.82, 2.24) is 24.9 Å². The fourth-order valence-corrected chi connectivity index (χ4v) is 3.61. The molecule has 0 saturated heterocycles. The first-order valence-corrected chi connectivity index (χ1v) is 16.5. The normalized spacial score (nSPS) is 10.9. The van der Waals surface area contributed by atoms with E-state index in [1.54, 1.807) is 12.3 Å². The third kappa shape index (κ3) is 17.7. The van der Waals surface area contributed by atoms with Crippen LogP contribution in [0.3, 0.4) is 0 Å². The molecule has 12 nitrogen and oxygen atoms in total. The Morgan fingerprint density at radius 1 is 0.696 bits per heavy atom. The van der Waals surface area contributed by atoms with Gasteiger partial charge in [-0.15, -0.1) is 0 Å². The highest BCUT2D eigenvalue weighted by Crippen LogP contribution is 2.28. The number of pyridine rings is 5. The number of alkyl halides is 8. The van der Waals surface area contributed by atoms with Gasteiger partial charge < -0.3 is 15.6 Å². The number of nitrogens with zero attached hydrogens (tertiary/aromatic N) is 8. The predicted molar refractivity (Wildman–Crippen MR) is 191 cm³/mol. The van der Waals surface area contributed by atoms with Crippen LogP contribution in [0.5, 0.6) is 0 Å². The first-order valence-electron chi connectivity index (χ1n) is 15.7. The van der Waals surface area contributed by atoms with Crippen molar-refractivity contribution in [3.05, 3.63) is 160 Å². The van der Waals surface area contributed by atoms with Crippen molar-refractivity contribution in [2.24, 2.45) is 10.8 Å². The molecule has 5 aromatic heterocycles. The lowest BCUT2D eigenvalue weighted by Crippen LogP contribution is -2.29. The summed E-state index contributed by atoms with van der Waals surface area (Å²) in [5.74, 6) is -14.6. The number of azide groups is 1. The average Bonchev–Trinajstić information content (AvgIpc) is 3.22. The van der Waals surface area contributed by atoms with E-state index in [0.717, 1.165) is 10.7 Å². The van der Waals surface area contributed by atoms with Crippen LogP contribution in [0.4, 0.5) is 35.1 Å². The number of hydrogen-bond donors (Lipinski definition) is 2. The van der Waals surface area contributed by atoms with E-state index in [1.807, 2.05) is 18.2 Å². The molecule has 0 atom stereocenters. The number of carbonyl (C=O) groups is 1. The van der Waals surface area contributed by atoms with E-state index in [1.165, 1.54) is 92.4 Å². The molecule has 21 heteroatoms. The van der Waals surface area contributed by atoms with E-state index in [9.17, 15) is 39.9 Å². The van der Waals surface area contributed by atoms with Gasteiger partial charge in [-0.2, -0.15) is 35.1 Å². The van der Waals surface area contributed by atoms with Crippen LogP contribution in [0.2, 0.25) is 0 Å². The Hall–Kier alpha value is -5.63. The number of carbonyl (C=O) groups excluding carboxylic acids is 1. The second-order valence-corrected chi connectivity index (χ2v) is 11.0. The fraction of sp³-hybridized carbons (Fsp3) is 0.257. The van der Waals surface area contributed by atoms with Gasteiger partial charge in [0.2, 0.25) is 0 Å². The van der Waals surface area contributed by atoms with Gasteiger partial charge in [-0.1, -0.05) is 35.4 Å². The summed E-state index contributed by atoms with van der Waals surface area (Å²) < 4.78 is 108. The first-order chi connectivity index (χ1) is 26.5. The van der Waals surface area contributed by atoms with Gasteiger partial charge in [0.25, 0.3) is 5.92 Å². The lowest BCUT2D eigenvalue weighted by molar-refractivity contribution is -0.173. The van der Waals surface area contributed by atoms with Gasteiger partial charge in [0, 0.05) is 35.9 Å². The van der Waals surface area contributed by atoms with E-state index >= 15 is 0 Å². The molecular formula is C35H34BrF8N9O3. The highest BCUT2D eigenvalue weighted by molar-refractivity contribution is 9.10. The zero-order valence-corrected chi connectivity index (χ0v) is 30.8. The van der Waals surface area contributed by atoms with Crippen LogP contribution in [-0.4, -0.2) is 62.3 Å². The quantitative estimate of drug-likeness (QED) is 0.0348. The molecule has 0 fully saturated rings. The monoisotopic (exact) mass is 859 g/mol. The molecular weight excluding hydrogens is 826 g/mol. The minimum Gasteiger partial charge on any atom is -0.461 e. The Morgan fingerprint density at radius 2 is 1.09 bits per heavy atom.